The van der Waals surface area contributed by atoms with Crippen LogP contribution in [0.1, 0.15) is 34.8 Å². The van der Waals surface area contributed by atoms with Crippen LogP contribution >= 0.6 is 0 Å². The third kappa shape index (κ3) is 6.10. The fraction of sp³-hybridized carbons (Fsp3) is 0.207. The van der Waals surface area contributed by atoms with Gasteiger partial charge in [-0.25, -0.2) is 9.37 Å². The maximum Gasteiger partial charge on any atom is 0.253 e. The van der Waals surface area contributed by atoms with Gasteiger partial charge in [-0.1, -0.05) is 30.3 Å². The van der Waals surface area contributed by atoms with Crippen LogP contribution in [-0.2, 0) is 0 Å². The molecule has 188 valence electrons. The Hall–Kier alpha value is -4.30. The summed E-state index contributed by atoms with van der Waals surface area (Å²) in [7, 11) is 0. The molecule has 1 amide bonds. The molecule has 1 aliphatic heterocycles. The Morgan fingerprint density at radius 1 is 0.892 bits per heavy atom. The highest BCUT2D eigenvalue weighted by Crippen LogP contribution is 2.29. The fourth-order valence-corrected chi connectivity index (χ4v) is 4.59. The molecule has 2 heterocycles. The first kappa shape index (κ1) is 24.4. The number of nitrogens with two attached hydrogens (primary N) is 1. The zero-order valence-corrected chi connectivity index (χ0v) is 20.3. The van der Waals surface area contributed by atoms with Crippen molar-refractivity contribution in [3.63, 3.8) is 0 Å². The number of halogens is 1. The minimum Gasteiger partial charge on any atom is -0.340 e. The van der Waals surface area contributed by atoms with Gasteiger partial charge in [0.2, 0.25) is 5.95 Å². The van der Waals surface area contributed by atoms with Gasteiger partial charge in [0, 0.05) is 42.3 Å². The number of nitrogens with zero attached hydrogens (tertiary/aromatic N) is 3. The smallest absolute Gasteiger partial charge is 0.253 e. The second-order valence-electron chi connectivity index (χ2n) is 9.17. The molecule has 0 radical (unpaired) electrons. The number of benzene rings is 3. The van der Waals surface area contributed by atoms with Crippen LogP contribution in [0.5, 0.6) is 0 Å². The number of hydrogen-bond acceptors (Lipinski definition) is 6. The zero-order valence-electron chi connectivity index (χ0n) is 20.3. The molecule has 8 heteroatoms. The van der Waals surface area contributed by atoms with Gasteiger partial charge in [0.1, 0.15) is 11.6 Å². The number of carbonyl (C=O) groups is 1. The van der Waals surface area contributed by atoms with E-state index in [0.717, 1.165) is 29.8 Å². The minimum absolute atomic E-state index is 0.00424. The summed E-state index contributed by atoms with van der Waals surface area (Å²) >= 11 is 0. The van der Waals surface area contributed by atoms with E-state index in [1.165, 1.54) is 12.1 Å². The summed E-state index contributed by atoms with van der Waals surface area (Å²) in [4.78, 5) is 23.7. The monoisotopic (exact) mass is 496 g/mol. The largest absolute Gasteiger partial charge is 0.340 e. The number of amides is 1. The highest BCUT2D eigenvalue weighted by Gasteiger charge is 2.27. The number of piperidine rings is 1. The van der Waals surface area contributed by atoms with Crippen LogP contribution in [-0.4, -0.2) is 33.9 Å². The first-order valence-electron chi connectivity index (χ1n) is 12.4. The lowest BCUT2D eigenvalue weighted by Gasteiger charge is -2.35. The topological polar surface area (TPSA) is 96.2 Å². The highest BCUT2D eigenvalue weighted by atomic mass is 19.1. The average molecular weight is 497 g/mol. The lowest BCUT2D eigenvalue weighted by molar-refractivity contribution is 0.0678. The van der Waals surface area contributed by atoms with E-state index in [0.29, 0.717) is 36.3 Å². The third-order valence-corrected chi connectivity index (χ3v) is 6.68. The Labute approximate surface area is 215 Å². The minimum atomic E-state index is -0.297. The standard InChI is InChI=1S/C29H29FN6O/c30-23-8-12-24(13-9-23)33-26-14-17-32-29(35-26)34-25-10-6-22(7-11-25)28(37)36-18-15-21(16-19-36)27(31)20-4-2-1-3-5-20/h1-14,17,21,27H,15-16,18-19,31H2,(H2,32,33,34,35). The Morgan fingerprint density at radius 3 is 2.24 bits per heavy atom. The third-order valence-electron chi connectivity index (χ3n) is 6.68. The summed E-state index contributed by atoms with van der Waals surface area (Å²) in [6, 6.07) is 25.2. The second kappa shape index (κ2) is 11.2. The number of aromatic nitrogens is 2. The van der Waals surface area contributed by atoms with Crippen LogP contribution in [0.25, 0.3) is 0 Å². The van der Waals surface area contributed by atoms with Crippen molar-refractivity contribution < 1.29 is 9.18 Å². The van der Waals surface area contributed by atoms with E-state index in [4.69, 9.17) is 5.73 Å². The Bertz CT molecular complexity index is 1320. The van der Waals surface area contributed by atoms with Crippen molar-refractivity contribution in [3.05, 3.63) is 108 Å². The molecule has 0 spiro atoms. The Morgan fingerprint density at radius 2 is 1.54 bits per heavy atom. The molecule has 0 aliphatic carbocycles. The summed E-state index contributed by atoms with van der Waals surface area (Å²) in [6.45, 7) is 1.40. The molecule has 1 aliphatic rings. The normalized spacial score (nSPS) is 14.7. The first-order chi connectivity index (χ1) is 18.0. The maximum atomic E-state index is 13.1. The van der Waals surface area contributed by atoms with Gasteiger partial charge in [-0.2, -0.15) is 4.98 Å². The van der Waals surface area contributed by atoms with Crippen molar-refractivity contribution in [1.82, 2.24) is 14.9 Å². The fourth-order valence-electron chi connectivity index (χ4n) is 4.59. The molecule has 37 heavy (non-hydrogen) atoms. The Kier molecular flexibility index (Phi) is 7.37. The molecule has 3 aromatic carbocycles. The van der Waals surface area contributed by atoms with Crippen molar-refractivity contribution in [2.45, 2.75) is 18.9 Å². The van der Waals surface area contributed by atoms with E-state index in [2.05, 4.69) is 32.7 Å². The quantitative estimate of drug-likeness (QED) is 0.306. The van der Waals surface area contributed by atoms with Crippen LogP contribution < -0.4 is 16.4 Å². The SMILES string of the molecule is NC(c1ccccc1)C1CCN(C(=O)c2ccc(Nc3nccc(Nc4ccc(F)cc4)n3)cc2)CC1. The average Bonchev–Trinajstić information content (AvgIpc) is 2.95. The van der Waals surface area contributed by atoms with E-state index in [1.54, 1.807) is 24.4 Å². The van der Waals surface area contributed by atoms with Gasteiger partial charge in [0.25, 0.3) is 5.91 Å². The van der Waals surface area contributed by atoms with Gasteiger partial charge in [-0.05, 0) is 78.9 Å². The predicted molar refractivity (Wildman–Crippen MR) is 143 cm³/mol. The lowest BCUT2D eigenvalue weighted by atomic mass is 9.86. The van der Waals surface area contributed by atoms with Crippen molar-refractivity contribution >= 4 is 29.0 Å². The Balaban J connectivity index is 1.16. The van der Waals surface area contributed by atoms with Gasteiger partial charge < -0.3 is 21.3 Å². The van der Waals surface area contributed by atoms with Crippen molar-refractivity contribution in [2.24, 2.45) is 11.7 Å². The molecular weight excluding hydrogens is 467 g/mol. The van der Waals surface area contributed by atoms with Gasteiger partial charge in [-0.3, -0.25) is 4.79 Å². The molecule has 1 unspecified atom stereocenters. The molecule has 7 nitrogen and oxygen atoms in total. The number of likely N-dealkylation sites (tertiary alicyclic amines) is 1. The lowest BCUT2D eigenvalue weighted by Crippen LogP contribution is -2.41. The van der Waals surface area contributed by atoms with Gasteiger partial charge in [0.15, 0.2) is 0 Å². The maximum absolute atomic E-state index is 13.1. The highest BCUT2D eigenvalue weighted by molar-refractivity contribution is 5.94. The molecule has 0 saturated carbocycles. The molecular formula is C29H29FN6O. The van der Waals surface area contributed by atoms with E-state index in [9.17, 15) is 9.18 Å². The van der Waals surface area contributed by atoms with Crippen LogP contribution in [0, 0.1) is 11.7 Å². The summed E-state index contributed by atoms with van der Waals surface area (Å²) in [5.74, 6) is 1.08. The summed E-state index contributed by atoms with van der Waals surface area (Å²) < 4.78 is 13.1. The predicted octanol–water partition coefficient (Wildman–Crippen LogP) is 5.66. The van der Waals surface area contributed by atoms with E-state index in [1.807, 2.05) is 47.4 Å². The molecule has 1 fully saturated rings. The number of hydrogen-bond donors (Lipinski definition) is 3. The summed E-state index contributed by atoms with van der Waals surface area (Å²) in [5, 5.41) is 6.28. The molecule has 0 bridgehead atoms. The van der Waals surface area contributed by atoms with Crippen molar-refractivity contribution in [1.29, 1.82) is 0 Å². The number of rotatable bonds is 7. The van der Waals surface area contributed by atoms with E-state index in [-0.39, 0.29) is 17.8 Å². The molecule has 4 aromatic rings. The molecule has 4 N–H and O–H groups in total. The van der Waals surface area contributed by atoms with Gasteiger partial charge in [0.05, 0.1) is 0 Å². The van der Waals surface area contributed by atoms with Crippen molar-refractivity contribution in [3.8, 4) is 0 Å². The van der Waals surface area contributed by atoms with E-state index >= 15 is 0 Å². The molecule has 1 saturated heterocycles. The van der Waals surface area contributed by atoms with Crippen LogP contribution in [0.3, 0.4) is 0 Å². The van der Waals surface area contributed by atoms with E-state index < -0.39 is 0 Å². The van der Waals surface area contributed by atoms with Crippen LogP contribution in [0.4, 0.5) is 27.5 Å². The number of carbonyl (C=O) groups excluding carboxylic acids is 1. The van der Waals surface area contributed by atoms with Crippen LogP contribution in [0.2, 0.25) is 0 Å². The van der Waals surface area contributed by atoms with Gasteiger partial charge >= 0.3 is 0 Å². The number of anilines is 4. The summed E-state index contributed by atoms with van der Waals surface area (Å²) in [5.41, 5.74) is 9.78. The molecule has 1 aromatic heterocycles. The molecule has 5 rings (SSSR count). The van der Waals surface area contributed by atoms with Gasteiger partial charge in [-0.15, -0.1) is 0 Å². The van der Waals surface area contributed by atoms with Crippen molar-refractivity contribution in [2.75, 3.05) is 23.7 Å². The zero-order chi connectivity index (χ0) is 25.6. The van der Waals surface area contributed by atoms with Crippen LogP contribution in [0.15, 0.2) is 91.1 Å². The molecule has 1 atom stereocenters. The second-order valence-corrected chi connectivity index (χ2v) is 9.17. The summed E-state index contributed by atoms with van der Waals surface area (Å²) in [6.07, 6.45) is 3.41. The number of nitrogens with one attached hydrogen (secondary N) is 2. The first-order valence-corrected chi connectivity index (χ1v) is 12.4.